The van der Waals surface area contributed by atoms with Crippen LogP contribution in [0.15, 0.2) is 54.6 Å². The quantitative estimate of drug-likeness (QED) is 0.667. The number of ether oxygens (including phenoxy) is 1. The Labute approximate surface area is 180 Å². The normalized spacial score (nSPS) is 15.2. The fourth-order valence-corrected chi connectivity index (χ4v) is 4.24. The van der Waals surface area contributed by atoms with Crippen molar-refractivity contribution in [2.24, 2.45) is 0 Å². The minimum absolute atomic E-state index is 0.100. The van der Waals surface area contributed by atoms with Crippen molar-refractivity contribution < 1.29 is 14.3 Å². The fraction of sp³-hybridized carbons (Fsp3) is 0.292. The van der Waals surface area contributed by atoms with Gasteiger partial charge in [0.15, 0.2) is 6.61 Å². The minimum atomic E-state index is -0.231. The van der Waals surface area contributed by atoms with Crippen molar-refractivity contribution in [2.45, 2.75) is 32.1 Å². The highest BCUT2D eigenvalue weighted by Crippen LogP contribution is 2.31. The number of benzene rings is 2. The van der Waals surface area contributed by atoms with Crippen molar-refractivity contribution in [3.8, 4) is 11.4 Å². The molecule has 1 aliphatic heterocycles. The Balaban J connectivity index is 1.26. The smallest absolute Gasteiger partial charge is 0.263 e. The van der Waals surface area contributed by atoms with Crippen LogP contribution < -0.4 is 15.0 Å². The average molecular weight is 416 g/mol. The van der Waals surface area contributed by atoms with Crippen LogP contribution in [0.5, 0.6) is 5.75 Å². The van der Waals surface area contributed by atoms with Gasteiger partial charge < -0.3 is 15.0 Å². The lowest BCUT2D eigenvalue weighted by molar-refractivity contribution is -0.118. The van der Waals surface area contributed by atoms with Crippen LogP contribution in [0.4, 0.5) is 11.5 Å². The molecule has 0 radical (unpaired) electrons. The van der Waals surface area contributed by atoms with E-state index < -0.39 is 0 Å². The number of aromatic nitrogens is 2. The molecule has 0 atom stereocenters. The first-order valence-electron chi connectivity index (χ1n) is 10.7. The summed E-state index contributed by atoms with van der Waals surface area (Å²) in [6.45, 7) is 0.650. The van der Waals surface area contributed by atoms with Crippen molar-refractivity contribution in [3.05, 3.63) is 65.9 Å². The van der Waals surface area contributed by atoms with Crippen molar-refractivity contribution >= 4 is 23.3 Å². The molecule has 158 valence electrons. The van der Waals surface area contributed by atoms with Crippen LogP contribution in [0.3, 0.4) is 0 Å². The zero-order valence-corrected chi connectivity index (χ0v) is 17.2. The van der Waals surface area contributed by atoms with Crippen LogP contribution in [0.2, 0.25) is 0 Å². The summed E-state index contributed by atoms with van der Waals surface area (Å²) in [5.41, 5.74) is 3.94. The molecule has 1 aromatic heterocycles. The third-order valence-electron chi connectivity index (χ3n) is 5.76. The van der Waals surface area contributed by atoms with E-state index in [9.17, 15) is 9.59 Å². The van der Waals surface area contributed by atoms with Gasteiger partial charge in [-0.2, -0.15) is 5.10 Å². The molecule has 1 aliphatic carbocycles. The lowest BCUT2D eigenvalue weighted by Crippen LogP contribution is -2.24. The molecular weight excluding hydrogens is 392 g/mol. The highest BCUT2D eigenvalue weighted by Gasteiger charge is 2.24. The van der Waals surface area contributed by atoms with E-state index >= 15 is 0 Å². The third kappa shape index (κ3) is 3.91. The molecule has 2 heterocycles. The van der Waals surface area contributed by atoms with E-state index in [1.165, 1.54) is 0 Å². The molecule has 0 spiro atoms. The second-order valence-corrected chi connectivity index (χ2v) is 7.85. The standard InChI is InChI=1S/C24H24N4O3/c29-22(16-31-19-13-11-17(12-14-19)27-15-5-10-23(27)30)25-24-20-8-4-9-21(20)26-28(24)18-6-2-1-3-7-18/h1-3,6-7,11-14H,4-5,8-10,15-16H2,(H,25,29). The molecule has 5 rings (SSSR count). The van der Waals surface area contributed by atoms with E-state index in [1.54, 1.807) is 17.0 Å². The van der Waals surface area contributed by atoms with Gasteiger partial charge in [-0.25, -0.2) is 4.68 Å². The largest absolute Gasteiger partial charge is 0.484 e. The summed E-state index contributed by atoms with van der Waals surface area (Å²) >= 11 is 0. The predicted molar refractivity (Wildman–Crippen MR) is 118 cm³/mol. The van der Waals surface area contributed by atoms with Gasteiger partial charge in [-0.1, -0.05) is 18.2 Å². The number of carbonyl (C=O) groups excluding carboxylic acids is 2. The summed E-state index contributed by atoms with van der Waals surface area (Å²) in [5.74, 6) is 1.24. The Hall–Kier alpha value is -3.61. The van der Waals surface area contributed by atoms with Crippen molar-refractivity contribution in [1.82, 2.24) is 9.78 Å². The van der Waals surface area contributed by atoms with Crippen LogP contribution in [-0.4, -0.2) is 34.7 Å². The molecule has 2 aliphatic rings. The van der Waals surface area contributed by atoms with Crippen LogP contribution in [-0.2, 0) is 22.4 Å². The van der Waals surface area contributed by atoms with Crippen LogP contribution in [0, 0.1) is 0 Å². The monoisotopic (exact) mass is 416 g/mol. The van der Waals surface area contributed by atoms with Gasteiger partial charge in [-0.05, 0) is 62.1 Å². The molecule has 1 fully saturated rings. The number of aryl methyl sites for hydroxylation is 1. The molecular formula is C24H24N4O3. The lowest BCUT2D eigenvalue weighted by Gasteiger charge is -2.16. The number of amides is 2. The number of hydrogen-bond donors (Lipinski definition) is 1. The third-order valence-corrected chi connectivity index (χ3v) is 5.76. The van der Waals surface area contributed by atoms with Crippen molar-refractivity contribution in [2.75, 3.05) is 23.4 Å². The molecule has 3 aromatic rings. The molecule has 1 N–H and O–H groups in total. The molecule has 0 saturated carbocycles. The first-order valence-corrected chi connectivity index (χ1v) is 10.7. The molecule has 2 amide bonds. The maximum atomic E-state index is 12.7. The second kappa shape index (κ2) is 8.26. The lowest BCUT2D eigenvalue weighted by atomic mass is 10.2. The summed E-state index contributed by atoms with van der Waals surface area (Å²) < 4.78 is 7.49. The first-order chi connectivity index (χ1) is 15.2. The van der Waals surface area contributed by atoms with E-state index in [4.69, 9.17) is 9.84 Å². The number of hydrogen-bond acceptors (Lipinski definition) is 4. The molecule has 2 aromatic carbocycles. The van der Waals surface area contributed by atoms with Crippen LogP contribution in [0.1, 0.15) is 30.5 Å². The Morgan fingerprint density at radius 3 is 2.52 bits per heavy atom. The zero-order valence-electron chi connectivity index (χ0n) is 17.2. The molecule has 31 heavy (non-hydrogen) atoms. The SMILES string of the molecule is O=C(COc1ccc(N2CCCC2=O)cc1)Nc1c2c(nn1-c1ccccc1)CCC2. The van der Waals surface area contributed by atoms with E-state index in [1.807, 2.05) is 47.1 Å². The zero-order chi connectivity index (χ0) is 21.2. The summed E-state index contributed by atoms with van der Waals surface area (Å²) in [7, 11) is 0. The van der Waals surface area contributed by atoms with Gasteiger partial charge in [0.05, 0.1) is 11.4 Å². The van der Waals surface area contributed by atoms with Gasteiger partial charge in [0, 0.05) is 24.2 Å². The Kier molecular flexibility index (Phi) is 5.16. The Morgan fingerprint density at radius 1 is 0.968 bits per heavy atom. The predicted octanol–water partition coefficient (Wildman–Crippen LogP) is 3.51. The highest BCUT2D eigenvalue weighted by molar-refractivity contribution is 5.95. The Morgan fingerprint density at radius 2 is 1.77 bits per heavy atom. The molecule has 0 unspecified atom stereocenters. The van der Waals surface area contributed by atoms with Gasteiger partial charge >= 0.3 is 0 Å². The Bertz CT molecular complexity index is 1110. The summed E-state index contributed by atoms with van der Waals surface area (Å²) in [5, 5.41) is 7.72. The van der Waals surface area contributed by atoms with Crippen molar-refractivity contribution in [1.29, 1.82) is 0 Å². The van der Waals surface area contributed by atoms with E-state index in [2.05, 4.69) is 5.32 Å². The average Bonchev–Trinajstić information content (AvgIpc) is 3.51. The number of carbonyl (C=O) groups is 2. The highest BCUT2D eigenvalue weighted by atomic mass is 16.5. The maximum Gasteiger partial charge on any atom is 0.263 e. The van der Waals surface area contributed by atoms with Gasteiger partial charge in [-0.15, -0.1) is 0 Å². The van der Waals surface area contributed by atoms with E-state index in [-0.39, 0.29) is 18.4 Å². The number of nitrogens with one attached hydrogen (secondary N) is 1. The number of para-hydroxylation sites is 1. The van der Waals surface area contributed by atoms with Gasteiger partial charge in [0.1, 0.15) is 11.6 Å². The summed E-state index contributed by atoms with van der Waals surface area (Å²) in [6.07, 6.45) is 4.39. The number of fused-ring (bicyclic) bond motifs is 1. The number of anilines is 2. The van der Waals surface area contributed by atoms with E-state index in [0.29, 0.717) is 12.2 Å². The summed E-state index contributed by atoms with van der Waals surface area (Å²) in [6, 6.07) is 17.1. The van der Waals surface area contributed by atoms with Crippen LogP contribution >= 0.6 is 0 Å². The van der Waals surface area contributed by atoms with E-state index in [0.717, 1.165) is 60.7 Å². The van der Waals surface area contributed by atoms with Gasteiger partial charge in [0.25, 0.3) is 5.91 Å². The fourth-order valence-electron chi connectivity index (χ4n) is 4.24. The number of rotatable bonds is 6. The number of nitrogens with zero attached hydrogens (tertiary/aromatic N) is 3. The van der Waals surface area contributed by atoms with Gasteiger partial charge in [0.2, 0.25) is 5.91 Å². The molecule has 0 bridgehead atoms. The maximum absolute atomic E-state index is 12.7. The molecule has 7 heteroatoms. The summed E-state index contributed by atoms with van der Waals surface area (Å²) in [4.78, 5) is 26.3. The first kappa shape index (κ1) is 19.4. The molecule has 7 nitrogen and oxygen atoms in total. The van der Waals surface area contributed by atoms with Gasteiger partial charge in [-0.3, -0.25) is 9.59 Å². The second-order valence-electron chi connectivity index (χ2n) is 7.85. The van der Waals surface area contributed by atoms with Crippen LogP contribution in [0.25, 0.3) is 5.69 Å². The van der Waals surface area contributed by atoms with Crippen molar-refractivity contribution in [3.63, 3.8) is 0 Å². The topological polar surface area (TPSA) is 76.5 Å². The molecule has 1 saturated heterocycles. The minimum Gasteiger partial charge on any atom is -0.484 e.